The van der Waals surface area contributed by atoms with Gasteiger partial charge in [-0.1, -0.05) is 76.6 Å². The van der Waals surface area contributed by atoms with Crippen LogP contribution in [0.2, 0.25) is 0 Å². The van der Waals surface area contributed by atoms with Gasteiger partial charge in [0.15, 0.2) is 0 Å². The molecule has 2 saturated carbocycles. The van der Waals surface area contributed by atoms with Crippen LogP contribution in [0.1, 0.15) is 114 Å². The molecule has 2 fully saturated rings. The maximum atomic E-state index is 15.6. The number of aryl methyl sites for hydroxylation is 2. The summed E-state index contributed by atoms with van der Waals surface area (Å²) in [6, 6.07) is 12.5. The van der Waals surface area contributed by atoms with E-state index in [9.17, 15) is 14.7 Å². The maximum absolute atomic E-state index is 15.6. The summed E-state index contributed by atoms with van der Waals surface area (Å²) >= 11 is 0. The van der Waals surface area contributed by atoms with Gasteiger partial charge in [0, 0.05) is 11.5 Å². The van der Waals surface area contributed by atoms with Crippen molar-refractivity contribution in [1.82, 2.24) is 0 Å². The Hall–Kier alpha value is -3.25. The first-order valence-corrected chi connectivity index (χ1v) is 18.3. The largest absolute Gasteiger partial charge is 0.462 e. The molecule has 4 rings (SSSR count). The fourth-order valence-electron chi connectivity index (χ4n) is 7.91. The van der Waals surface area contributed by atoms with Crippen LogP contribution in [0.4, 0.5) is 4.39 Å². The van der Waals surface area contributed by atoms with Gasteiger partial charge in [-0.05, 0) is 129 Å². The number of esters is 2. The van der Waals surface area contributed by atoms with Crippen LogP contribution in [0.15, 0.2) is 60.7 Å². The minimum absolute atomic E-state index is 0.0107. The van der Waals surface area contributed by atoms with Crippen molar-refractivity contribution in [2.45, 2.75) is 110 Å². The van der Waals surface area contributed by atoms with Crippen LogP contribution in [0.3, 0.4) is 0 Å². The number of rotatable bonds is 16. The molecule has 2 aliphatic carbocycles. The monoisotopic (exact) mass is 660 g/mol. The van der Waals surface area contributed by atoms with Crippen molar-refractivity contribution in [2.24, 2.45) is 23.7 Å². The molecule has 0 aromatic heterocycles. The predicted molar refractivity (Wildman–Crippen MR) is 191 cm³/mol. The molecule has 5 nitrogen and oxygen atoms in total. The molecule has 0 amide bonds. The molecule has 1 unspecified atom stereocenters. The van der Waals surface area contributed by atoms with E-state index in [4.69, 9.17) is 9.47 Å². The van der Waals surface area contributed by atoms with Gasteiger partial charge in [-0.25, -0.2) is 14.0 Å². The molecule has 2 aromatic rings. The molecule has 0 aliphatic heterocycles. The summed E-state index contributed by atoms with van der Waals surface area (Å²) in [6.07, 6.45) is 14.2. The maximum Gasteiger partial charge on any atom is 0.335 e. The van der Waals surface area contributed by atoms with Crippen molar-refractivity contribution in [3.8, 4) is 11.1 Å². The van der Waals surface area contributed by atoms with Gasteiger partial charge in [-0.15, -0.1) is 0 Å². The Labute approximate surface area is 288 Å². The average Bonchev–Trinajstić information content (AvgIpc) is 3.11. The second-order valence-electron chi connectivity index (χ2n) is 14.4. The van der Waals surface area contributed by atoms with Gasteiger partial charge >= 0.3 is 11.9 Å². The van der Waals surface area contributed by atoms with Crippen LogP contribution in [0.25, 0.3) is 11.1 Å². The molecule has 2 aliphatic rings. The van der Waals surface area contributed by atoms with E-state index in [1.165, 1.54) is 36.8 Å². The van der Waals surface area contributed by atoms with Crippen molar-refractivity contribution < 1.29 is 28.6 Å². The Bertz CT molecular complexity index is 1400. The van der Waals surface area contributed by atoms with Crippen LogP contribution < -0.4 is 0 Å². The van der Waals surface area contributed by atoms with Crippen LogP contribution in [0.5, 0.6) is 0 Å². The van der Waals surface area contributed by atoms with Crippen molar-refractivity contribution in [3.63, 3.8) is 0 Å². The van der Waals surface area contributed by atoms with E-state index >= 15 is 4.39 Å². The van der Waals surface area contributed by atoms with E-state index in [0.717, 1.165) is 74.5 Å². The smallest absolute Gasteiger partial charge is 0.335 e. The normalized spacial score (nSPS) is 21.7. The molecule has 0 spiro atoms. The SMILES string of the molecule is C=C(C)C(=O)OCC(COC(=O)C(=C)CO)CC1CCC(C2CCC(c3ccc(-c4ccc(CCCC)c(CC)c4)cc3F)CC2)CC1. The third-order valence-electron chi connectivity index (χ3n) is 10.9. The van der Waals surface area contributed by atoms with E-state index in [0.29, 0.717) is 23.3 Å². The second kappa shape index (κ2) is 18.5. The number of aliphatic hydroxyl groups excluding tert-OH is 1. The quantitative estimate of drug-likeness (QED) is 0.143. The Morgan fingerprint density at radius 2 is 1.46 bits per heavy atom. The average molecular weight is 661 g/mol. The zero-order chi connectivity index (χ0) is 34.6. The number of hydrogen-bond donors (Lipinski definition) is 1. The van der Waals surface area contributed by atoms with Gasteiger partial charge in [0.05, 0.1) is 25.4 Å². The lowest BCUT2D eigenvalue weighted by molar-refractivity contribution is -0.144. The molecule has 0 radical (unpaired) electrons. The fourth-order valence-corrected chi connectivity index (χ4v) is 7.91. The molecule has 0 saturated heterocycles. The van der Waals surface area contributed by atoms with Crippen molar-refractivity contribution >= 4 is 11.9 Å². The second-order valence-corrected chi connectivity index (χ2v) is 14.4. The van der Waals surface area contributed by atoms with E-state index < -0.39 is 18.5 Å². The lowest BCUT2D eigenvalue weighted by Gasteiger charge is -2.38. The van der Waals surface area contributed by atoms with Crippen LogP contribution in [-0.4, -0.2) is 36.9 Å². The summed E-state index contributed by atoms with van der Waals surface area (Å²) in [7, 11) is 0. The summed E-state index contributed by atoms with van der Waals surface area (Å²) in [5.74, 6) is 0.858. The van der Waals surface area contributed by atoms with E-state index in [1.807, 2.05) is 6.07 Å². The van der Waals surface area contributed by atoms with Crippen molar-refractivity contribution in [1.29, 1.82) is 0 Å². The highest BCUT2D eigenvalue weighted by atomic mass is 19.1. The van der Waals surface area contributed by atoms with Gasteiger partial charge in [0.25, 0.3) is 0 Å². The van der Waals surface area contributed by atoms with E-state index in [1.54, 1.807) is 13.0 Å². The Balaban J connectivity index is 1.27. The molecule has 48 heavy (non-hydrogen) atoms. The molecular weight excluding hydrogens is 603 g/mol. The zero-order valence-corrected chi connectivity index (χ0v) is 29.5. The summed E-state index contributed by atoms with van der Waals surface area (Å²) in [5, 5.41) is 9.18. The molecule has 6 heteroatoms. The van der Waals surface area contributed by atoms with Crippen LogP contribution >= 0.6 is 0 Å². The predicted octanol–water partition coefficient (Wildman–Crippen LogP) is 9.70. The summed E-state index contributed by atoms with van der Waals surface area (Å²) < 4.78 is 26.4. The molecule has 1 atom stereocenters. The molecule has 1 N–H and O–H groups in total. The highest BCUT2D eigenvalue weighted by molar-refractivity contribution is 5.88. The number of aliphatic hydroxyl groups is 1. The number of carbonyl (C=O) groups is 2. The number of unbranched alkanes of at least 4 members (excludes halogenated alkanes) is 1. The third kappa shape index (κ3) is 10.4. The molecular formula is C42H57FO5. The number of carbonyl (C=O) groups excluding carboxylic acids is 2. The van der Waals surface area contributed by atoms with Crippen LogP contribution in [-0.2, 0) is 31.9 Å². The Morgan fingerprint density at radius 1 is 0.854 bits per heavy atom. The minimum atomic E-state index is -0.623. The Morgan fingerprint density at radius 3 is 2.04 bits per heavy atom. The van der Waals surface area contributed by atoms with Gasteiger partial charge in [0.2, 0.25) is 0 Å². The first kappa shape index (κ1) is 37.6. The summed E-state index contributed by atoms with van der Waals surface area (Å²) in [5.41, 5.74) is 6.07. The van der Waals surface area contributed by atoms with Crippen molar-refractivity contribution in [3.05, 3.63) is 83.2 Å². The molecule has 2 aromatic carbocycles. The topological polar surface area (TPSA) is 72.8 Å². The molecule has 262 valence electrons. The first-order valence-electron chi connectivity index (χ1n) is 18.3. The Kier molecular flexibility index (Phi) is 14.5. The standard InChI is InChI=1S/C42H57FO5/c1-6-8-9-33-16-19-37(23-32(33)7-2)38-20-21-39(40(43)24-38)36-17-14-35(15-18-36)34-12-10-30(11-13-34)22-31(26-47-41(45)28(3)4)27-48-42(46)29(5)25-44/h16,19-21,23-24,30-31,34-36,44H,3,5-15,17-18,22,25-27H2,1-2,4H3. The number of benzene rings is 2. The lowest BCUT2D eigenvalue weighted by atomic mass is 9.67. The highest BCUT2D eigenvalue weighted by Crippen LogP contribution is 2.45. The summed E-state index contributed by atoms with van der Waals surface area (Å²) in [6.45, 7) is 13.0. The summed E-state index contributed by atoms with van der Waals surface area (Å²) in [4.78, 5) is 24.1. The van der Waals surface area contributed by atoms with Gasteiger partial charge in [-0.2, -0.15) is 0 Å². The van der Waals surface area contributed by atoms with Crippen molar-refractivity contribution in [2.75, 3.05) is 19.8 Å². The van der Waals surface area contributed by atoms with E-state index in [2.05, 4.69) is 51.3 Å². The van der Waals surface area contributed by atoms with Gasteiger partial charge in [0.1, 0.15) is 5.82 Å². The number of halogens is 1. The van der Waals surface area contributed by atoms with Crippen LogP contribution in [0, 0.1) is 29.5 Å². The zero-order valence-electron chi connectivity index (χ0n) is 29.5. The fraction of sp³-hybridized carbons (Fsp3) is 0.571. The lowest BCUT2D eigenvalue weighted by Crippen LogP contribution is -2.28. The van der Waals surface area contributed by atoms with Gasteiger partial charge < -0.3 is 14.6 Å². The van der Waals surface area contributed by atoms with Gasteiger partial charge in [-0.3, -0.25) is 0 Å². The number of ether oxygens (including phenoxy) is 2. The first-order chi connectivity index (χ1) is 23.1. The molecule has 0 heterocycles. The van der Waals surface area contributed by atoms with E-state index in [-0.39, 0.29) is 36.4 Å². The number of hydrogen-bond acceptors (Lipinski definition) is 5. The highest BCUT2D eigenvalue weighted by Gasteiger charge is 2.33. The minimum Gasteiger partial charge on any atom is -0.462 e. The molecule has 0 bridgehead atoms. The third-order valence-corrected chi connectivity index (χ3v) is 10.9.